The molecule has 3 heteroatoms. The Morgan fingerprint density at radius 3 is 2.73 bits per heavy atom. The van der Waals surface area contributed by atoms with Gasteiger partial charge in [-0.05, 0) is 32.1 Å². The fraction of sp³-hybridized carbons (Fsp3) is 1.00. The summed E-state index contributed by atoms with van der Waals surface area (Å²) in [6.07, 6.45) is 9.05. The summed E-state index contributed by atoms with van der Waals surface area (Å²) in [5, 5.41) is 0. The highest BCUT2D eigenvalue weighted by Gasteiger charge is 2.23. The van der Waals surface area contributed by atoms with E-state index in [0.717, 1.165) is 32.5 Å². The summed E-state index contributed by atoms with van der Waals surface area (Å²) in [6, 6.07) is 0.267. The molecule has 0 aromatic rings. The first-order chi connectivity index (χ1) is 7.36. The van der Waals surface area contributed by atoms with Gasteiger partial charge in [0.1, 0.15) is 0 Å². The Kier molecular flexibility index (Phi) is 4.42. The van der Waals surface area contributed by atoms with Gasteiger partial charge in [-0.15, -0.1) is 0 Å². The zero-order chi connectivity index (χ0) is 10.5. The van der Waals surface area contributed by atoms with Crippen molar-refractivity contribution in [1.82, 2.24) is 0 Å². The van der Waals surface area contributed by atoms with Gasteiger partial charge >= 0.3 is 0 Å². The lowest BCUT2D eigenvalue weighted by Gasteiger charge is -2.28. The Morgan fingerprint density at radius 1 is 1.13 bits per heavy atom. The van der Waals surface area contributed by atoms with Gasteiger partial charge in [-0.1, -0.05) is 12.8 Å². The molecule has 1 aliphatic heterocycles. The van der Waals surface area contributed by atoms with Gasteiger partial charge in [0.2, 0.25) is 0 Å². The molecule has 2 aliphatic rings. The zero-order valence-corrected chi connectivity index (χ0v) is 9.49. The van der Waals surface area contributed by atoms with Crippen LogP contribution >= 0.6 is 0 Å². The van der Waals surface area contributed by atoms with Crippen molar-refractivity contribution in [2.45, 2.75) is 63.2 Å². The third-order valence-corrected chi connectivity index (χ3v) is 3.55. The fourth-order valence-electron chi connectivity index (χ4n) is 2.56. The first kappa shape index (κ1) is 11.4. The molecule has 2 fully saturated rings. The van der Waals surface area contributed by atoms with Gasteiger partial charge in [0.25, 0.3) is 0 Å². The summed E-state index contributed by atoms with van der Waals surface area (Å²) in [5.74, 6) is 0. The van der Waals surface area contributed by atoms with E-state index in [1.54, 1.807) is 0 Å². The summed E-state index contributed by atoms with van der Waals surface area (Å²) in [6.45, 7) is 1.76. The molecule has 3 nitrogen and oxygen atoms in total. The molecule has 1 saturated heterocycles. The molecular weight excluding hydrogens is 190 g/mol. The molecule has 1 aliphatic carbocycles. The molecule has 3 atom stereocenters. The molecule has 0 amide bonds. The topological polar surface area (TPSA) is 44.5 Å². The molecule has 15 heavy (non-hydrogen) atoms. The van der Waals surface area contributed by atoms with Crippen molar-refractivity contribution in [3.63, 3.8) is 0 Å². The van der Waals surface area contributed by atoms with Crippen LogP contribution in [-0.4, -0.2) is 31.5 Å². The Hall–Kier alpha value is -0.120. The lowest BCUT2D eigenvalue weighted by molar-refractivity contribution is -0.00598. The molecule has 0 radical (unpaired) electrons. The molecule has 3 unspecified atom stereocenters. The Balaban J connectivity index is 1.59. The Morgan fingerprint density at radius 2 is 2.00 bits per heavy atom. The van der Waals surface area contributed by atoms with Crippen LogP contribution in [0, 0.1) is 0 Å². The summed E-state index contributed by atoms with van der Waals surface area (Å²) < 4.78 is 11.4. The third-order valence-electron chi connectivity index (χ3n) is 3.55. The van der Waals surface area contributed by atoms with Crippen molar-refractivity contribution in [3.05, 3.63) is 0 Å². The average molecular weight is 213 g/mol. The number of ether oxygens (including phenoxy) is 2. The van der Waals surface area contributed by atoms with Crippen molar-refractivity contribution in [3.8, 4) is 0 Å². The van der Waals surface area contributed by atoms with Crippen LogP contribution in [0.2, 0.25) is 0 Å². The van der Waals surface area contributed by atoms with Gasteiger partial charge < -0.3 is 15.2 Å². The Labute approximate surface area is 92.3 Å². The van der Waals surface area contributed by atoms with Crippen LogP contribution in [0.3, 0.4) is 0 Å². The molecule has 0 spiro atoms. The van der Waals surface area contributed by atoms with Gasteiger partial charge in [-0.2, -0.15) is 0 Å². The van der Waals surface area contributed by atoms with Crippen LogP contribution in [0.1, 0.15) is 44.9 Å². The second-order valence-corrected chi connectivity index (χ2v) is 4.78. The van der Waals surface area contributed by atoms with Crippen molar-refractivity contribution in [1.29, 1.82) is 0 Å². The molecule has 1 saturated carbocycles. The SMILES string of the molecule is NC1CCCCC1OCCC1CCCO1. The highest BCUT2D eigenvalue weighted by Crippen LogP contribution is 2.21. The van der Waals surface area contributed by atoms with Crippen molar-refractivity contribution in [2.75, 3.05) is 13.2 Å². The predicted octanol–water partition coefficient (Wildman–Crippen LogP) is 1.84. The smallest absolute Gasteiger partial charge is 0.0725 e. The van der Waals surface area contributed by atoms with E-state index in [2.05, 4.69) is 0 Å². The molecule has 0 aromatic heterocycles. The zero-order valence-electron chi connectivity index (χ0n) is 9.49. The first-order valence-electron chi connectivity index (χ1n) is 6.35. The van der Waals surface area contributed by atoms with Crippen LogP contribution in [-0.2, 0) is 9.47 Å². The van der Waals surface area contributed by atoms with E-state index >= 15 is 0 Å². The largest absolute Gasteiger partial charge is 0.378 e. The van der Waals surface area contributed by atoms with Crippen LogP contribution in [0.5, 0.6) is 0 Å². The summed E-state index contributed by atoms with van der Waals surface area (Å²) in [5.41, 5.74) is 6.02. The monoisotopic (exact) mass is 213 g/mol. The maximum atomic E-state index is 6.02. The first-order valence-corrected chi connectivity index (χ1v) is 6.35. The van der Waals surface area contributed by atoms with Gasteiger partial charge in [0.15, 0.2) is 0 Å². The van der Waals surface area contributed by atoms with Crippen molar-refractivity contribution < 1.29 is 9.47 Å². The van der Waals surface area contributed by atoms with E-state index in [9.17, 15) is 0 Å². The van der Waals surface area contributed by atoms with E-state index in [0.29, 0.717) is 12.2 Å². The van der Waals surface area contributed by atoms with Gasteiger partial charge in [0, 0.05) is 19.3 Å². The maximum absolute atomic E-state index is 6.02. The number of rotatable bonds is 4. The summed E-state index contributed by atoms with van der Waals surface area (Å²) in [4.78, 5) is 0. The fourth-order valence-corrected chi connectivity index (χ4v) is 2.56. The predicted molar refractivity (Wildman–Crippen MR) is 59.8 cm³/mol. The van der Waals surface area contributed by atoms with Gasteiger partial charge in [-0.3, -0.25) is 0 Å². The number of nitrogens with two attached hydrogens (primary N) is 1. The highest BCUT2D eigenvalue weighted by atomic mass is 16.5. The molecule has 1 heterocycles. The van der Waals surface area contributed by atoms with Crippen molar-refractivity contribution >= 4 is 0 Å². The Bertz CT molecular complexity index is 180. The molecule has 88 valence electrons. The van der Waals surface area contributed by atoms with Crippen LogP contribution in [0.25, 0.3) is 0 Å². The van der Waals surface area contributed by atoms with Crippen molar-refractivity contribution in [2.24, 2.45) is 5.73 Å². The van der Waals surface area contributed by atoms with Gasteiger partial charge in [-0.25, -0.2) is 0 Å². The van der Waals surface area contributed by atoms with Crippen LogP contribution in [0.4, 0.5) is 0 Å². The van der Waals surface area contributed by atoms with E-state index in [1.165, 1.54) is 25.7 Å². The van der Waals surface area contributed by atoms with Crippen LogP contribution < -0.4 is 5.73 Å². The minimum atomic E-state index is 0.267. The summed E-state index contributed by atoms with van der Waals surface area (Å²) >= 11 is 0. The third kappa shape index (κ3) is 3.44. The molecule has 0 bridgehead atoms. The quantitative estimate of drug-likeness (QED) is 0.775. The maximum Gasteiger partial charge on any atom is 0.0725 e. The normalized spacial score (nSPS) is 37.0. The molecular formula is C12H23NO2. The number of hydrogen-bond acceptors (Lipinski definition) is 3. The van der Waals surface area contributed by atoms with Gasteiger partial charge in [0.05, 0.1) is 12.2 Å². The molecule has 0 aromatic carbocycles. The minimum Gasteiger partial charge on any atom is -0.378 e. The lowest BCUT2D eigenvalue weighted by atomic mass is 9.93. The molecule has 2 rings (SSSR count). The number of hydrogen-bond donors (Lipinski definition) is 1. The van der Waals surface area contributed by atoms with Crippen LogP contribution in [0.15, 0.2) is 0 Å². The second-order valence-electron chi connectivity index (χ2n) is 4.78. The van der Waals surface area contributed by atoms with E-state index in [1.807, 2.05) is 0 Å². The van der Waals surface area contributed by atoms with E-state index in [-0.39, 0.29) is 6.04 Å². The lowest BCUT2D eigenvalue weighted by Crippen LogP contribution is -2.39. The van der Waals surface area contributed by atoms with E-state index < -0.39 is 0 Å². The molecule has 2 N–H and O–H groups in total. The average Bonchev–Trinajstić information content (AvgIpc) is 2.74. The standard InChI is InChI=1S/C12H23NO2/c13-11-5-1-2-6-12(11)15-9-7-10-4-3-8-14-10/h10-12H,1-9,13H2. The summed E-state index contributed by atoms with van der Waals surface area (Å²) in [7, 11) is 0. The highest BCUT2D eigenvalue weighted by molar-refractivity contribution is 4.78. The minimum absolute atomic E-state index is 0.267. The van der Waals surface area contributed by atoms with E-state index in [4.69, 9.17) is 15.2 Å². The second kappa shape index (κ2) is 5.83.